The van der Waals surface area contributed by atoms with E-state index in [1.165, 1.54) is 7.11 Å². The molecule has 0 aromatic heterocycles. The molecule has 0 amide bonds. The lowest BCUT2D eigenvalue weighted by molar-refractivity contribution is -0.141. The first kappa shape index (κ1) is 17.1. The Hall–Kier alpha value is -2.73. The smallest absolute Gasteiger partial charge is 0.310 e. The summed E-state index contributed by atoms with van der Waals surface area (Å²) < 4.78 is 20.7. The van der Waals surface area contributed by atoms with Crippen LogP contribution >= 0.6 is 11.6 Å². The van der Waals surface area contributed by atoms with Gasteiger partial charge < -0.3 is 18.9 Å². The van der Waals surface area contributed by atoms with Crippen LogP contribution in [0.15, 0.2) is 36.4 Å². The van der Waals surface area contributed by atoms with Gasteiger partial charge in [-0.15, -0.1) is 0 Å². The van der Waals surface area contributed by atoms with Gasteiger partial charge in [0.15, 0.2) is 23.9 Å². The van der Waals surface area contributed by atoms with Gasteiger partial charge in [0, 0.05) is 16.1 Å². The molecule has 130 valence electrons. The summed E-state index contributed by atoms with van der Waals surface area (Å²) in [6.45, 7) is -0.231. The summed E-state index contributed by atoms with van der Waals surface area (Å²) in [5.41, 5.74) is 0.980. The van der Waals surface area contributed by atoms with Crippen LogP contribution in [0.1, 0.15) is 15.9 Å². The molecule has 0 atom stereocenters. The first-order valence-corrected chi connectivity index (χ1v) is 7.85. The number of esters is 1. The van der Waals surface area contributed by atoms with Gasteiger partial charge in [-0.05, 0) is 36.4 Å². The second kappa shape index (κ2) is 7.44. The average Bonchev–Trinajstić information content (AvgIpc) is 3.07. The molecule has 0 bridgehead atoms. The number of rotatable bonds is 6. The van der Waals surface area contributed by atoms with E-state index < -0.39 is 5.97 Å². The van der Waals surface area contributed by atoms with Crippen molar-refractivity contribution in [3.8, 4) is 17.2 Å². The number of hydrogen-bond acceptors (Lipinski definition) is 6. The molecule has 0 fully saturated rings. The van der Waals surface area contributed by atoms with Crippen molar-refractivity contribution in [3.05, 3.63) is 52.5 Å². The molecule has 1 heterocycles. The molecule has 1 aliphatic heterocycles. The third-order valence-corrected chi connectivity index (χ3v) is 3.87. The molecule has 0 aliphatic carbocycles. The van der Waals surface area contributed by atoms with Crippen LogP contribution in [0.5, 0.6) is 17.2 Å². The molecule has 0 unspecified atom stereocenters. The van der Waals surface area contributed by atoms with Crippen LogP contribution in [0.25, 0.3) is 0 Å². The average molecular weight is 363 g/mol. The van der Waals surface area contributed by atoms with Crippen LogP contribution in [0.3, 0.4) is 0 Å². The van der Waals surface area contributed by atoms with E-state index in [-0.39, 0.29) is 25.6 Å². The molecule has 2 aromatic rings. The Kier molecular flexibility index (Phi) is 5.09. The fourth-order valence-corrected chi connectivity index (χ4v) is 2.59. The minimum absolute atomic E-state index is 0.0435. The van der Waals surface area contributed by atoms with E-state index in [1.54, 1.807) is 36.4 Å². The lowest BCUT2D eigenvalue weighted by Gasteiger charge is -2.09. The van der Waals surface area contributed by atoms with Gasteiger partial charge in [-0.25, -0.2) is 0 Å². The maximum absolute atomic E-state index is 12.2. The molecule has 0 spiro atoms. The van der Waals surface area contributed by atoms with Gasteiger partial charge >= 0.3 is 5.97 Å². The topological polar surface area (TPSA) is 71.1 Å². The number of carbonyl (C=O) groups excluding carboxylic acids is 2. The first-order chi connectivity index (χ1) is 12.1. The highest BCUT2D eigenvalue weighted by atomic mass is 35.5. The van der Waals surface area contributed by atoms with Crippen molar-refractivity contribution in [2.75, 3.05) is 20.5 Å². The molecule has 6 nitrogen and oxygen atoms in total. The standard InChI is InChI=1S/C18H15ClO6/c1-22-15-5-3-13(19)6-12(15)8-18(21)23-9-14(20)11-2-4-16-17(7-11)25-10-24-16/h2-7H,8-10H2,1H3. The third-order valence-electron chi connectivity index (χ3n) is 3.64. The first-order valence-electron chi connectivity index (χ1n) is 7.47. The number of methoxy groups -OCH3 is 1. The van der Waals surface area contributed by atoms with Crippen molar-refractivity contribution < 1.29 is 28.5 Å². The summed E-state index contributed by atoms with van der Waals surface area (Å²) in [4.78, 5) is 24.2. The van der Waals surface area contributed by atoms with E-state index in [4.69, 9.17) is 30.5 Å². The molecule has 1 aliphatic rings. The van der Waals surface area contributed by atoms with E-state index in [2.05, 4.69) is 0 Å². The molecule has 7 heteroatoms. The molecular formula is C18H15ClO6. The molecular weight excluding hydrogens is 348 g/mol. The summed E-state index contributed by atoms with van der Waals surface area (Å²) >= 11 is 5.93. The lowest BCUT2D eigenvalue weighted by atomic mass is 10.1. The van der Waals surface area contributed by atoms with Gasteiger partial charge in [0.25, 0.3) is 0 Å². The summed E-state index contributed by atoms with van der Waals surface area (Å²) in [6, 6.07) is 9.78. The summed E-state index contributed by atoms with van der Waals surface area (Å²) in [7, 11) is 1.50. The maximum atomic E-state index is 12.2. The number of ketones is 1. The van der Waals surface area contributed by atoms with E-state index in [0.717, 1.165) is 0 Å². The molecule has 0 N–H and O–H groups in total. The van der Waals surface area contributed by atoms with Crippen molar-refractivity contribution in [2.45, 2.75) is 6.42 Å². The van der Waals surface area contributed by atoms with E-state index in [1.807, 2.05) is 0 Å². The number of benzene rings is 2. The van der Waals surface area contributed by atoms with Gasteiger partial charge in [-0.2, -0.15) is 0 Å². The van der Waals surface area contributed by atoms with Crippen LogP contribution in [0.4, 0.5) is 0 Å². The minimum atomic E-state index is -0.547. The summed E-state index contributed by atoms with van der Waals surface area (Å²) in [6.07, 6.45) is -0.0435. The Morgan fingerprint density at radius 1 is 1.12 bits per heavy atom. The number of carbonyl (C=O) groups is 2. The van der Waals surface area contributed by atoms with Crippen LogP contribution in [0, 0.1) is 0 Å². The Bertz CT molecular complexity index is 817. The van der Waals surface area contributed by atoms with Crippen LogP contribution < -0.4 is 14.2 Å². The zero-order valence-electron chi connectivity index (χ0n) is 13.4. The number of ether oxygens (including phenoxy) is 4. The van der Waals surface area contributed by atoms with Crippen LogP contribution in [-0.2, 0) is 16.0 Å². The molecule has 0 saturated heterocycles. The van der Waals surface area contributed by atoms with Crippen molar-refractivity contribution in [3.63, 3.8) is 0 Å². The Morgan fingerprint density at radius 2 is 1.92 bits per heavy atom. The van der Waals surface area contributed by atoms with Crippen molar-refractivity contribution in [1.82, 2.24) is 0 Å². The van der Waals surface area contributed by atoms with Gasteiger partial charge in [0.1, 0.15) is 5.75 Å². The Labute approximate surface area is 149 Å². The second-order valence-electron chi connectivity index (χ2n) is 5.28. The van der Waals surface area contributed by atoms with E-state index in [9.17, 15) is 9.59 Å². The molecule has 0 saturated carbocycles. The van der Waals surface area contributed by atoms with Gasteiger partial charge in [0.05, 0.1) is 13.5 Å². The summed E-state index contributed by atoms with van der Waals surface area (Å²) in [5, 5.41) is 0.486. The number of Topliss-reactive ketones (excluding diaryl/α,β-unsaturated/α-hetero) is 1. The minimum Gasteiger partial charge on any atom is -0.496 e. The Morgan fingerprint density at radius 3 is 2.72 bits per heavy atom. The van der Waals surface area contributed by atoms with Gasteiger partial charge in [0.2, 0.25) is 6.79 Å². The van der Waals surface area contributed by atoms with E-state index in [0.29, 0.717) is 33.4 Å². The van der Waals surface area contributed by atoms with Crippen LogP contribution in [0.2, 0.25) is 5.02 Å². The fraction of sp³-hybridized carbons (Fsp3) is 0.222. The number of hydrogen-bond donors (Lipinski definition) is 0. The second-order valence-corrected chi connectivity index (χ2v) is 5.72. The predicted octanol–water partition coefficient (Wildman–Crippen LogP) is 3.05. The van der Waals surface area contributed by atoms with Crippen molar-refractivity contribution >= 4 is 23.4 Å². The monoisotopic (exact) mass is 362 g/mol. The quantitative estimate of drug-likeness (QED) is 0.581. The molecule has 25 heavy (non-hydrogen) atoms. The highest BCUT2D eigenvalue weighted by molar-refractivity contribution is 6.30. The molecule has 0 radical (unpaired) electrons. The molecule has 2 aromatic carbocycles. The largest absolute Gasteiger partial charge is 0.496 e. The SMILES string of the molecule is COc1ccc(Cl)cc1CC(=O)OCC(=O)c1ccc2c(c1)OCO2. The highest BCUT2D eigenvalue weighted by Gasteiger charge is 2.18. The Balaban J connectivity index is 1.59. The third kappa shape index (κ3) is 4.03. The molecule has 3 rings (SSSR count). The van der Waals surface area contributed by atoms with Gasteiger partial charge in [-0.1, -0.05) is 11.6 Å². The van der Waals surface area contributed by atoms with Crippen LogP contribution in [-0.4, -0.2) is 32.3 Å². The number of halogens is 1. The zero-order chi connectivity index (χ0) is 17.8. The van der Waals surface area contributed by atoms with Crippen molar-refractivity contribution in [1.29, 1.82) is 0 Å². The predicted molar refractivity (Wildman–Crippen MR) is 89.6 cm³/mol. The lowest BCUT2D eigenvalue weighted by Crippen LogP contribution is -2.16. The van der Waals surface area contributed by atoms with Crippen molar-refractivity contribution in [2.24, 2.45) is 0 Å². The maximum Gasteiger partial charge on any atom is 0.310 e. The summed E-state index contributed by atoms with van der Waals surface area (Å²) in [5.74, 6) is 0.741. The fourth-order valence-electron chi connectivity index (χ4n) is 2.39. The number of fused-ring (bicyclic) bond motifs is 1. The van der Waals surface area contributed by atoms with Gasteiger partial charge in [-0.3, -0.25) is 9.59 Å². The van der Waals surface area contributed by atoms with E-state index >= 15 is 0 Å². The zero-order valence-corrected chi connectivity index (χ0v) is 14.2. The normalized spacial score (nSPS) is 11.9. The highest BCUT2D eigenvalue weighted by Crippen LogP contribution is 2.32.